The zero-order valence-electron chi connectivity index (χ0n) is 10.4. The van der Waals surface area contributed by atoms with Crippen molar-refractivity contribution in [2.45, 2.75) is 39.8 Å². The van der Waals surface area contributed by atoms with Crippen LogP contribution in [0.5, 0.6) is 0 Å². The summed E-state index contributed by atoms with van der Waals surface area (Å²) in [7, 11) is 0. The molecule has 6 heteroatoms. The first-order chi connectivity index (χ1) is 7.90. The highest BCUT2D eigenvalue weighted by Crippen LogP contribution is 2.01. The zero-order chi connectivity index (χ0) is 13.0. The van der Waals surface area contributed by atoms with Crippen molar-refractivity contribution in [1.29, 1.82) is 0 Å². The number of hydrogen-bond acceptors (Lipinski definition) is 4. The number of aromatic nitrogens is 1. The average Bonchev–Trinajstić information content (AvgIpc) is 2.63. The minimum absolute atomic E-state index is 0.0381. The van der Waals surface area contributed by atoms with E-state index in [0.29, 0.717) is 5.76 Å². The van der Waals surface area contributed by atoms with Gasteiger partial charge in [-0.1, -0.05) is 5.16 Å². The van der Waals surface area contributed by atoms with Gasteiger partial charge in [0.25, 0.3) is 5.91 Å². The van der Waals surface area contributed by atoms with Gasteiger partial charge in [0, 0.05) is 12.1 Å². The molecule has 1 atom stereocenters. The summed E-state index contributed by atoms with van der Waals surface area (Å²) in [5.41, 5.74) is 0.173. The fraction of sp³-hybridized carbons (Fsp3) is 0.545. The van der Waals surface area contributed by atoms with E-state index in [4.69, 9.17) is 4.52 Å². The standard InChI is InChI=1S/C11H17N3O3/c1-6(2)12-10(15)8(4)13-11(16)9-5-7(3)17-14-9/h5-6,8H,1-4H3,(H,12,15)(H,13,16)/t8-/m1/s1. The van der Waals surface area contributed by atoms with Crippen LogP contribution in [0.1, 0.15) is 37.0 Å². The molecule has 0 unspecified atom stereocenters. The predicted octanol–water partition coefficient (Wildman–Crippen LogP) is 0.626. The molecule has 0 aromatic carbocycles. The summed E-state index contributed by atoms with van der Waals surface area (Å²) in [6.45, 7) is 7.02. The number of hydrogen-bond donors (Lipinski definition) is 2. The molecule has 0 bridgehead atoms. The number of carbonyl (C=O) groups excluding carboxylic acids is 2. The van der Waals surface area contributed by atoms with Crippen molar-refractivity contribution in [2.75, 3.05) is 0 Å². The van der Waals surface area contributed by atoms with Gasteiger partial charge >= 0.3 is 0 Å². The molecule has 2 N–H and O–H groups in total. The second-order valence-corrected chi connectivity index (χ2v) is 4.18. The third-order valence-corrected chi connectivity index (χ3v) is 2.03. The number of nitrogens with zero attached hydrogens (tertiary/aromatic N) is 1. The number of aryl methyl sites for hydroxylation is 1. The lowest BCUT2D eigenvalue weighted by molar-refractivity contribution is -0.123. The minimum atomic E-state index is -0.609. The number of nitrogens with one attached hydrogen (secondary N) is 2. The second-order valence-electron chi connectivity index (χ2n) is 4.18. The van der Waals surface area contributed by atoms with Gasteiger partial charge < -0.3 is 15.2 Å². The van der Waals surface area contributed by atoms with Gasteiger partial charge in [-0.2, -0.15) is 0 Å². The summed E-state index contributed by atoms with van der Waals surface area (Å²) >= 11 is 0. The van der Waals surface area contributed by atoms with Crippen LogP contribution >= 0.6 is 0 Å². The Bertz CT molecular complexity index is 412. The molecule has 1 rings (SSSR count). The highest BCUT2D eigenvalue weighted by atomic mass is 16.5. The Morgan fingerprint density at radius 2 is 1.94 bits per heavy atom. The van der Waals surface area contributed by atoms with E-state index in [0.717, 1.165) is 0 Å². The summed E-state index contributed by atoms with van der Waals surface area (Å²) in [4.78, 5) is 23.2. The lowest BCUT2D eigenvalue weighted by Crippen LogP contribution is -2.46. The highest BCUT2D eigenvalue weighted by molar-refractivity contribution is 5.95. The van der Waals surface area contributed by atoms with E-state index in [9.17, 15) is 9.59 Å². The van der Waals surface area contributed by atoms with E-state index in [1.165, 1.54) is 6.07 Å². The molecule has 1 aromatic heterocycles. The lowest BCUT2D eigenvalue weighted by Gasteiger charge is -2.15. The van der Waals surface area contributed by atoms with Crippen LogP contribution in [0.4, 0.5) is 0 Å². The van der Waals surface area contributed by atoms with E-state index >= 15 is 0 Å². The third-order valence-electron chi connectivity index (χ3n) is 2.03. The van der Waals surface area contributed by atoms with Gasteiger partial charge in [-0.05, 0) is 27.7 Å². The molecule has 0 spiro atoms. The molecule has 0 aliphatic rings. The monoisotopic (exact) mass is 239 g/mol. The number of rotatable bonds is 4. The molecule has 2 amide bonds. The molecule has 94 valence electrons. The number of carbonyl (C=O) groups is 2. The van der Waals surface area contributed by atoms with E-state index in [2.05, 4.69) is 15.8 Å². The Hall–Kier alpha value is -1.85. The van der Waals surface area contributed by atoms with Gasteiger partial charge in [-0.3, -0.25) is 9.59 Å². The normalized spacial score (nSPS) is 12.3. The van der Waals surface area contributed by atoms with Gasteiger partial charge in [-0.25, -0.2) is 0 Å². The summed E-state index contributed by atoms with van der Waals surface area (Å²) in [6.07, 6.45) is 0. The summed E-state index contributed by atoms with van der Waals surface area (Å²) in [5, 5.41) is 8.82. The molecular formula is C11H17N3O3. The Kier molecular flexibility index (Phi) is 4.25. The van der Waals surface area contributed by atoms with Crippen LogP contribution in [0, 0.1) is 6.92 Å². The zero-order valence-corrected chi connectivity index (χ0v) is 10.4. The fourth-order valence-corrected chi connectivity index (χ4v) is 1.22. The third kappa shape index (κ3) is 3.90. The maximum absolute atomic E-state index is 11.6. The van der Waals surface area contributed by atoms with Crippen LogP contribution in [0.3, 0.4) is 0 Å². The maximum Gasteiger partial charge on any atom is 0.274 e. The molecule has 0 fully saturated rings. The van der Waals surface area contributed by atoms with Crippen LogP contribution in [-0.2, 0) is 4.79 Å². The first kappa shape index (κ1) is 13.2. The SMILES string of the molecule is Cc1cc(C(=O)N[C@H](C)C(=O)NC(C)C)no1. The minimum Gasteiger partial charge on any atom is -0.361 e. The molecule has 1 heterocycles. The molecule has 0 saturated carbocycles. The smallest absolute Gasteiger partial charge is 0.274 e. The van der Waals surface area contributed by atoms with Crippen molar-refractivity contribution in [3.8, 4) is 0 Å². The van der Waals surface area contributed by atoms with Gasteiger partial charge in [0.2, 0.25) is 5.91 Å². The van der Waals surface area contributed by atoms with Crippen LogP contribution in [-0.4, -0.2) is 29.1 Å². The molecular weight excluding hydrogens is 222 g/mol. The fourth-order valence-electron chi connectivity index (χ4n) is 1.22. The van der Waals surface area contributed by atoms with Crippen molar-refractivity contribution < 1.29 is 14.1 Å². The van der Waals surface area contributed by atoms with Crippen LogP contribution < -0.4 is 10.6 Å². The molecule has 0 saturated heterocycles. The molecule has 17 heavy (non-hydrogen) atoms. The number of amides is 2. The van der Waals surface area contributed by atoms with E-state index < -0.39 is 11.9 Å². The molecule has 0 aliphatic heterocycles. The Labute approximate surface area is 99.7 Å². The molecule has 6 nitrogen and oxygen atoms in total. The lowest BCUT2D eigenvalue weighted by atomic mass is 10.2. The van der Waals surface area contributed by atoms with E-state index in [-0.39, 0.29) is 17.6 Å². The summed E-state index contributed by atoms with van der Waals surface area (Å²) in [6, 6.07) is 0.945. The maximum atomic E-state index is 11.6. The van der Waals surface area contributed by atoms with Crippen molar-refractivity contribution in [3.63, 3.8) is 0 Å². The van der Waals surface area contributed by atoms with Gasteiger partial charge in [0.15, 0.2) is 5.69 Å². The Balaban J connectivity index is 2.54. The summed E-state index contributed by atoms with van der Waals surface area (Å²) in [5.74, 6) is -0.101. The first-order valence-corrected chi connectivity index (χ1v) is 5.44. The van der Waals surface area contributed by atoms with E-state index in [1.807, 2.05) is 13.8 Å². The predicted molar refractivity (Wildman–Crippen MR) is 61.4 cm³/mol. The quantitative estimate of drug-likeness (QED) is 0.807. The van der Waals surface area contributed by atoms with Crippen LogP contribution in [0.2, 0.25) is 0 Å². The van der Waals surface area contributed by atoms with Gasteiger partial charge in [-0.15, -0.1) is 0 Å². The van der Waals surface area contributed by atoms with E-state index in [1.54, 1.807) is 13.8 Å². The van der Waals surface area contributed by atoms with Crippen molar-refractivity contribution in [2.24, 2.45) is 0 Å². The molecule has 0 radical (unpaired) electrons. The van der Waals surface area contributed by atoms with Crippen LogP contribution in [0.25, 0.3) is 0 Å². The van der Waals surface area contributed by atoms with Gasteiger partial charge in [0.05, 0.1) is 0 Å². The Morgan fingerprint density at radius 3 is 2.41 bits per heavy atom. The topological polar surface area (TPSA) is 84.2 Å². The van der Waals surface area contributed by atoms with Crippen molar-refractivity contribution in [3.05, 3.63) is 17.5 Å². The Morgan fingerprint density at radius 1 is 1.29 bits per heavy atom. The molecule has 0 aliphatic carbocycles. The van der Waals surface area contributed by atoms with Crippen molar-refractivity contribution >= 4 is 11.8 Å². The largest absolute Gasteiger partial charge is 0.361 e. The average molecular weight is 239 g/mol. The van der Waals surface area contributed by atoms with Crippen LogP contribution in [0.15, 0.2) is 10.6 Å². The first-order valence-electron chi connectivity index (χ1n) is 5.44. The highest BCUT2D eigenvalue weighted by Gasteiger charge is 2.18. The molecule has 1 aromatic rings. The summed E-state index contributed by atoms with van der Waals surface area (Å²) < 4.78 is 4.78. The van der Waals surface area contributed by atoms with Crippen molar-refractivity contribution in [1.82, 2.24) is 15.8 Å². The second kappa shape index (κ2) is 5.47. The van der Waals surface area contributed by atoms with Gasteiger partial charge in [0.1, 0.15) is 11.8 Å².